The average molecular weight is 400 g/mol. The lowest BCUT2D eigenvalue weighted by Gasteiger charge is -2.18. The third-order valence-corrected chi connectivity index (χ3v) is 4.00. The van der Waals surface area contributed by atoms with E-state index in [-0.39, 0.29) is 19.4 Å². The maximum Gasteiger partial charge on any atom is 0.410 e. The molecule has 0 saturated heterocycles. The lowest BCUT2D eigenvalue weighted by molar-refractivity contribution is -0.168. The predicted octanol–water partition coefficient (Wildman–Crippen LogP) is 4.09. The minimum absolute atomic E-state index is 0.0974. The van der Waals surface area contributed by atoms with E-state index in [9.17, 15) is 19.5 Å². The first-order chi connectivity index (χ1) is 12.9. The largest absolute Gasteiger partial charge is 0.481 e. The van der Waals surface area contributed by atoms with Crippen molar-refractivity contribution in [1.29, 1.82) is 0 Å². The van der Waals surface area contributed by atoms with E-state index >= 15 is 0 Å². The Kier molecular flexibility index (Phi) is 10.3. The maximum atomic E-state index is 11.9. The highest BCUT2D eigenvalue weighted by atomic mass is 35.5. The maximum absolute atomic E-state index is 11.9. The van der Waals surface area contributed by atoms with Crippen molar-refractivity contribution in [2.75, 3.05) is 6.54 Å². The van der Waals surface area contributed by atoms with Crippen molar-refractivity contribution in [1.82, 2.24) is 5.32 Å². The summed E-state index contributed by atoms with van der Waals surface area (Å²) >= 11 is 5.81. The molecule has 27 heavy (non-hydrogen) atoms. The summed E-state index contributed by atoms with van der Waals surface area (Å²) in [6, 6.07) is 6.52. The summed E-state index contributed by atoms with van der Waals surface area (Å²) in [7, 11) is 0. The number of alkyl carbamates (subject to hydrolysis) is 1. The van der Waals surface area contributed by atoms with Crippen molar-refractivity contribution in [2.45, 2.75) is 58.2 Å². The molecule has 0 aliphatic carbocycles. The zero-order valence-corrected chi connectivity index (χ0v) is 16.3. The topological polar surface area (TPSA) is 102 Å². The molecule has 1 rings (SSSR count). The molecule has 0 fully saturated rings. The Labute approximate surface area is 164 Å². The SMILES string of the molecule is CCCC(=O)O[C@H](CCC)OC(=O)NCCC(C(=O)O)c1ccc(Cl)cc1. The molecule has 0 aromatic heterocycles. The molecule has 0 aliphatic rings. The number of carbonyl (C=O) groups excluding carboxylic acids is 2. The summed E-state index contributed by atoms with van der Waals surface area (Å²) in [5.74, 6) is -2.20. The van der Waals surface area contributed by atoms with Crippen molar-refractivity contribution in [2.24, 2.45) is 0 Å². The second-order valence-corrected chi connectivity index (χ2v) is 6.46. The summed E-state index contributed by atoms with van der Waals surface area (Å²) < 4.78 is 10.2. The van der Waals surface area contributed by atoms with Gasteiger partial charge in [0.25, 0.3) is 0 Å². The van der Waals surface area contributed by atoms with Gasteiger partial charge in [0, 0.05) is 24.4 Å². The lowest BCUT2D eigenvalue weighted by atomic mass is 9.96. The van der Waals surface area contributed by atoms with Crippen molar-refractivity contribution in [3.8, 4) is 0 Å². The van der Waals surface area contributed by atoms with Gasteiger partial charge in [-0.3, -0.25) is 9.59 Å². The van der Waals surface area contributed by atoms with E-state index in [1.807, 2.05) is 13.8 Å². The van der Waals surface area contributed by atoms with Crippen LogP contribution in [0.1, 0.15) is 57.4 Å². The van der Waals surface area contributed by atoms with Gasteiger partial charge in [0.05, 0.1) is 5.92 Å². The van der Waals surface area contributed by atoms with Crippen LogP contribution in [0.4, 0.5) is 4.79 Å². The van der Waals surface area contributed by atoms with Gasteiger partial charge < -0.3 is 19.9 Å². The molecule has 150 valence electrons. The van der Waals surface area contributed by atoms with Crippen LogP contribution in [0.15, 0.2) is 24.3 Å². The Morgan fingerprint density at radius 2 is 1.74 bits per heavy atom. The Morgan fingerprint density at radius 1 is 1.07 bits per heavy atom. The fourth-order valence-corrected chi connectivity index (χ4v) is 2.52. The summed E-state index contributed by atoms with van der Waals surface area (Å²) in [5.41, 5.74) is 0.597. The molecule has 1 aromatic carbocycles. The second kappa shape index (κ2) is 12.2. The molecular weight excluding hydrogens is 374 g/mol. The highest BCUT2D eigenvalue weighted by Gasteiger charge is 2.21. The zero-order valence-electron chi connectivity index (χ0n) is 15.6. The summed E-state index contributed by atoms with van der Waals surface area (Å²) in [6.45, 7) is 3.83. The van der Waals surface area contributed by atoms with Crippen LogP contribution < -0.4 is 5.32 Å². The van der Waals surface area contributed by atoms with E-state index in [1.165, 1.54) is 0 Å². The van der Waals surface area contributed by atoms with E-state index in [0.717, 1.165) is 0 Å². The Bertz CT molecular complexity index is 619. The van der Waals surface area contributed by atoms with Crippen molar-refractivity contribution >= 4 is 29.6 Å². The van der Waals surface area contributed by atoms with E-state index in [0.29, 0.717) is 29.8 Å². The van der Waals surface area contributed by atoms with E-state index in [1.54, 1.807) is 24.3 Å². The van der Waals surface area contributed by atoms with Gasteiger partial charge in [-0.15, -0.1) is 0 Å². The first-order valence-corrected chi connectivity index (χ1v) is 9.37. The van der Waals surface area contributed by atoms with Crippen molar-refractivity contribution < 1.29 is 29.0 Å². The van der Waals surface area contributed by atoms with Crippen LogP contribution in [0.3, 0.4) is 0 Å². The van der Waals surface area contributed by atoms with Crippen LogP contribution in [0.25, 0.3) is 0 Å². The predicted molar refractivity (Wildman–Crippen MR) is 101 cm³/mol. The fourth-order valence-electron chi connectivity index (χ4n) is 2.39. The van der Waals surface area contributed by atoms with Crippen LogP contribution in [0.2, 0.25) is 5.02 Å². The molecule has 1 aromatic rings. The fraction of sp³-hybridized carbons (Fsp3) is 0.526. The molecule has 7 nitrogen and oxygen atoms in total. The first-order valence-electron chi connectivity index (χ1n) is 8.99. The Balaban J connectivity index is 2.51. The summed E-state index contributed by atoms with van der Waals surface area (Å²) in [5, 5.41) is 12.4. The number of hydrogen-bond donors (Lipinski definition) is 2. The molecule has 1 amide bonds. The Morgan fingerprint density at radius 3 is 2.30 bits per heavy atom. The number of aliphatic carboxylic acids is 1. The van der Waals surface area contributed by atoms with Crippen LogP contribution >= 0.6 is 11.6 Å². The first kappa shape index (κ1) is 22.8. The third kappa shape index (κ3) is 8.77. The molecule has 1 unspecified atom stereocenters. The number of amides is 1. The molecular formula is C19H26ClNO6. The van der Waals surface area contributed by atoms with Gasteiger partial charge in [0.2, 0.25) is 6.29 Å². The van der Waals surface area contributed by atoms with E-state index < -0.39 is 30.2 Å². The Hall–Kier alpha value is -2.28. The van der Waals surface area contributed by atoms with Gasteiger partial charge in [-0.2, -0.15) is 0 Å². The van der Waals surface area contributed by atoms with Gasteiger partial charge >= 0.3 is 18.0 Å². The second-order valence-electron chi connectivity index (χ2n) is 6.02. The van der Waals surface area contributed by atoms with Crippen LogP contribution in [-0.4, -0.2) is 36.0 Å². The molecule has 0 heterocycles. The highest BCUT2D eigenvalue weighted by molar-refractivity contribution is 6.30. The number of rotatable bonds is 11. The monoisotopic (exact) mass is 399 g/mol. The van der Waals surface area contributed by atoms with Crippen molar-refractivity contribution in [3.63, 3.8) is 0 Å². The number of carboxylic acids is 1. The zero-order chi connectivity index (χ0) is 20.2. The van der Waals surface area contributed by atoms with Gasteiger partial charge in [0.1, 0.15) is 0 Å². The van der Waals surface area contributed by atoms with Gasteiger partial charge in [0.15, 0.2) is 0 Å². The number of ether oxygens (including phenoxy) is 2. The molecule has 0 radical (unpaired) electrons. The highest BCUT2D eigenvalue weighted by Crippen LogP contribution is 2.21. The smallest absolute Gasteiger partial charge is 0.410 e. The minimum Gasteiger partial charge on any atom is -0.481 e. The number of carboxylic acid groups (broad SMARTS) is 1. The molecule has 0 saturated carbocycles. The lowest BCUT2D eigenvalue weighted by Crippen LogP contribution is -2.33. The number of halogens is 1. The minimum atomic E-state index is -0.996. The quantitative estimate of drug-likeness (QED) is 0.429. The number of benzene rings is 1. The number of nitrogens with one attached hydrogen (secondary N) is 1. The van der Waals surface area contributed by atoms with Crippen LogP contribution in [-0.2, 0) is 19.1 Å². The molecule has 8 heteroatoms. The molecule has 2 N–H and O–H groups in total. The van der Waals surface area contributed by atoms with Crippen molar-refractivity contribution in [3.05, 3.63) is 34.9 Å². The number of carbonyl (C=O) groups is 3. The van der Waals surface area contributed by atoms with Gasteiger partial charge in [-0.05, 0) is 37.0 Å². The van der Waals surface area contributed by atoms with Gasteiger partial charge in [-0.25, -0.2) is 4.79 Å². The average Bonchev–Trinajstić information content (AvgIpc) is 2.60. The molecule has 2 atom stereocenters. The molecule has 0 aliphatic heterocycles. The summed E-state index contributed by atoms with van der Waals surface area (Å²) in [4.78, 5) is 34.9. The van der Waals surface area contributed by atoms with Crippen LogP contribution in [0, 0.1) is 0 Å². The third-order valence-electron chi connectivity index (χ3n) is 3.75. The van der Waals surface area contributed by atoms with Crippen LogP contribution in [0.5, 0.6) is 0 Å². The van der Waals surface area contributed by atoms with E-state index in [4.69, 9.17) is 21.1 Å². The van der Waals surface area contributed by atoms with Gasteiger partial charge in [-0.1, -0.05) is 37.6 Å². The van der Waals surface area contributed by atoms with E-state index in [2.05, 4.69) is 5.32 Å². The standard InChI is InChI=1S/C19H26ClNO6/c1-3-5-16(22)26-17(6-4-2)27-19(25)21-12-11-15(18(23)24)13-7-9-14(20)10-8-13/h7-10,15,17H,3-6,11-12H2,1-2H3,(H,21,25)(H,23,24)/t15?,17-/m0/s1. The number of esters is 1. The normalized spacial score (nSPS) is 12.7. The molecule has 0 bridgehead atoms. The molecule has 0 spiro atoms. The summed E-state index contributed by atoms with van der Waals surface area (Å²) in [6.07, 6.45) is 0.455. The number of hydrogen-bond acceptors (Lipinski definition) is 5.